The fraction of sp³-hybridized carbons (Fsp3) is 0.500. The third kappa shape index (κ3) is 2.20. The number of aliphatic hydroxyl groups is 1. The SMILES string of the molecule is CC1=CC(Cl)=C(I)CC1CO. The van der Waals surface area contributed by atoms with E-state index in [1.165, 1.54) is 5.57 Å². The molecule has 1 atom stereocenters. The molecule has 1 N–H and O–H groups in total. The van der Waals surface area contributed by atoms with Gasteiger partial charge in [-0.1, -0.05) is 17.2 Å². The Balaban J connectivity index is 2.82. The number of hydrogen-bond acceptors (Lipinski definition) is 1. The Labute approximate surface area is 85.3 Å². The largest absolute Gasteiger partial charge is 0.396 e. The molecule has 0 spiro atoms. The van der Waals surface area contributed by atoms with Gasteiger partial charge < -0.3 is 5.11 Å². The highest BCUT2D eigenvalue weighted by molar-refractivity contribution is 14.1. The third-order valence-electron chi connectivity index (χ3n) is 1.90. The van der Waals surface area contributed by atoms with Crippen LogP contribution >= 0.6 is 34.2 Å². The Morgan fingerprint density at radius 3 is 3.00 bits per heavy atom. The van der Waals surface area contributed by atoms with Gasteiger partial charge in [-0.05, 0) is 42.0 Å². The lowest BCUT2D eigenvalue weighted by Crippen LogP contribution is -2.10. The minimum Gasteiger partial charge on any atom is -0.396 e. The molecule has 0 fully saturated rings. The van der Waals surface area contributed by atoms with Crippen molar-refractivity contribution in [2.75, 3.05) is 6.61 Å². The summed E-state index contributed by atoms with van der Waals surface area (Å²) in [6.07, 6.45) is 2.83. The fourth-order valence-electron chi connectivity index (χ4n) is 1.08. The van der Waals surface area contributed by atoms with Gasteiger partial charge in [0.25, 0.3) is 0 Å². The van der Waals surface area contributed by atoms with Crippen molar-refractivity contribution in [2.45, 2.75) is 13.3 Å². The average molecular weight is 285 g/mol. The van der Waals surface area contributed by atoms with E-state index < -0.39 is 0 Å². The van der Waals surface area contributed by atoms with Crippen LogP contribution in [0.5, 0.6) is 0 Å². The number of rotatable bonds is 1. The Kier molecular flexibility index (Phi) is 3.40. The average Bonchev–Trinajstić information content (AvgIpc) is 1.97. The zero-order valence-electron chi connectivity index (χ0n) is 6.27. The summed E-state index contributed by atoms with van der Waals surface area (Å²) in [5.41, 5.74) is 1.18. The maximum atomic E-state index is 8.96. The highest BCUT2D eigenvalue weighted by atomic mass is 127. The molecule has 0 saturated heterocycles. The van der Waals surface area contributed by atoms with Crippen molar-refractivity contribution in [2.24, 2.45) is 5.92 Å². The molecule has 0 heterocycles. The first-order chi connectivity index (χ1) is 5.15. The molecule has 0 amide bonds. The summed E-state index contributed by atoms with van der Waals surface area (Å²) < 4.78 is 1.15. The minimum atomic E-state index is 0.221. The van der Waals surface area contributed by atoms with Crippen molar-refractivity contribution in [1.82, 2.24) is 0 Å². The summed E-state index contributed by atoms with van der Waals surface area (Å²) in [5.74, 6) is 0.282. The van der Waals surface area contributed by atoms with Crippen molar-refractivity contribution in [1.29, 1.82) is 0 Å². The first-order valence-electron chi connectivity index (χ1n) is 3.48. The van der Waals surface area contributed by atoms with E-state index in [2.05, 4.69) is 22.6 Å². The smallest absolute Gasteiger partial charge is 0.0499 e. The molecule has 0 aromatic heterocycles. The van der Waals surface area contributed by atoms with Crippen LogP contribution in [-0.2, 0) is 0 Å². The zero-order chi connectivity index (χ0) is 8.43. The lowest BCUT2D eigenvalue weighted by molar-refractivity contribution is 0.246. The normalized spacial score (nSPS) is 25.5. The third-order valence-corrected chi connectivity index (χ3v) is 3.58. The van der Waals surface area contributed by atoms with E-state index in [0.717, 1.165) is 15.0 Å². The highest BCUT2D eigenvalue weighted by Gasteiger charge is 2.17. The van der Waals surface area contributed by atoms with Gasteiger partial charge in [0.15, 0.2) is 0 Å². The maximum absolute atomic E-state index is 8.96. The Hall–Kier alpha value is 0.460. The van der Waals surface area contributed by atoms with Crippen LogP contribution in [0.2, 0.25) is 0 Å². The fourth-order valence-corrected chi connectivity index (χ4v) is 2.02. The summed E-state index contributed by atoms with van der Waals surface area (Å²) in [4.78, 5) is 0. The Bertz CT molecular complexity index is 220. The van der Waals surface area contributed by atoms with E-state index in [9.17, 15) is 0 Å². The number of halogens is 2. The van der Waals surface area contributed by atoms with E-state index in [4.69, 9.17) is 16.7 Å². The van der Waals surface area contributed by atoms with Crippen LogP contribution in [-0.4, -0.2) is 11.7 Å². The molecular formula is C8H10ClIO. The van der Waals surface area contributed by atoms with Gasteiger partial charge in [0.1, 0.15) is 0 Å². The van der Waals surface area contributed by atoms with Crippen LogP contribution in [0.25, 0.3) is 0 Å². The zero-order valence-corrected chi connectivity index (χ0v) is 9.19. The van der Waals surface area contributed by atoms with E-state index >= 15 is 0 Å². The van der Waals surface area contributed by atoms with Crippen molar-refractivity contribution in [3.05, 3.63) is 20.3 Å². The van der Waals surface area contributed by atoms with Crippen molar-refractivity contribution >= 4 is 34.2 Å². The van der Waals surface area contributed by atoms with Crippen LogP contribution in [0.15, 0.2) is 20.3 Å². The van der Waals surface area contributed by atoms with E-state index in [0.29, 0.717) is 0 Å². The van der Waals surface area contributed by atoms with Crippen LogP contribution in [0.3, 0.4) is 0 Å². The first-order valence-corrected chi connectivity index (χ1v) is 4.94. The number of aliphatic hydroxyl groups excluding tert-OH is 1. The molecule has 1 rings (SSSR count). The van der Waals surface area contributed by atoms with Gasteiger partial charge in [0.05, 0.1) is 0 Å². The van der Waals surface area contributed by atoms with Crippen LogP contribution in [0.1, 0.15) is 13.3 Å². The molecule has 0 radical (unpaired) electrons. The molecule has 0 aromatic carbocycles. The van der Waals surface area contributed by atoms with Crippen molar-refractivity contribution < 1.29 is 5.11 Å². The summed E-state index contributed by atoms with van der Waals surface area (Å²) >= 11 is 8.12. The summed E-state index contributed by atoms with van der Waals surface area (Å²) in [6.45, 7) is 2.23. The lowest BCUT2D eigenvalue weighted by Gasteiger charge is -2.19. The second-order valence-corrected chi connectivity index (χ2v) is 4.43. The van der Waals surface area contributed by atoms with Gasteiger partial charge in [-0.15, -0.1) is 0 Å². The standard InChI is InChI=1S/C8H10ClIO/c1-5-2-7(9)8(10)3-6(5)4-11/h2,6,11H,3-4H2,1H3. The van der Waals surface area contributed by atoms with Gasteiger partial charge in [-0.3, -0.25) is 0 Å². The molecule has 11 heavy (non-hydrogen) atoms. The molecule has 1 nitrogen and oxygen atoms in total. The first kappa shape index (κ1) is 9.55. The number of hydrogen-bond donors (Lipinski definition) is 1. The maximum Gasteiger partial charge on any atom is 0.0499 e. The Morgan fingerprint density at radius 1 is 1.82 bits per heavy atom. The highest BCUT2D eigenvalue weighted by Crippen LogP contribution is 2.33. The van der Waals surface area contributed by atoms with Crippen molar-refractivity contribution in [3.8, 4) is 0 Å². The predicted octanol–water partition coefficient (Wildman–Crippen LogP) is 2.83. The summed E-state index contributed by atoms with van der Waals surface area (Å²) in [7, 11) is 0. The summed E-state index contributed by atoms with van der Waals surface area (Å²) in [6, 6.07) is 0. The molecule has 0 aliphatic heterocycles. The second-order valence-electron chi connectivity index (χ2n) is 2.72. The van der Waals surface area contributed by atoms with E-state index in [1.54, 1.807) is 0 Å². The molecule has 0 bridgehead atoms. The van der Waals surface area contributed by atoms with Crippen LogP contribution in [0, 0.1) is 5.92 Å². The summed E-state index contributed by atoms with van der Waals surface area (Å²) in [5, 5.41) is 9.78. The van der Waals surface area contributed by atoms with E-state index in [1.807, 2.05) is 13.0 Å². The molecule has 1 aliphatic rings. The van der Waals surface area contributed by atoms with Crippen LogP contribution in [0.4, 0.5) is 0 Å². The predicted molar refractivity (Wildman–Crippen MR) is 55.8 cm³/mol. The molecular weight excluding hydrogens is 274 g/mol. The van der Waals surface area contributed by atoms with Gasteiger partial charge in [0.2, 0.25) is 0 Å². The van der Waals surface area contributed by atoms with Gasteiger partial charge in [-0.2, -0.15) is 0 Å². The number of allylic oxidation sites excluding steroid dienone is 3. The molecule has 0 saturated carbocycles. The van der Waals surface area contributed by atoms with Gasteiger partial charge in [-0.25, -0.2) is 0 Å². The molecule has 0 aromatic rings. The van der Waals surface area contributed by atoms with Crippen LogP contribution < -0.4 is 0 Å². The topological polar surface area (TPSA) is 20.2 Å². The molecule has 1 aliphatic carbocycles. The van der Waals surface area contributed by atoms with Crippen molar-refractivity contribution in [3.63, 3.8) is 0 Å². The van der Waals surface area contributed by atoms with E-state index in [-0.39, 0.29) is 12.5 Å². The molecule has 62 valence electrons. The van der Waals surface area contributed by atoms with Gasteiger partial charge in [0, 0.05) is 21.1 Å². The Morgan fingerprint density at radius 2 is 2.45 bits per heavy atom. The molecule has 3 heteroatoms. The molecule has 1 unspecified atom stereocenters. The monoisotopic (exact) mass is 284 g/mol. The van der Waals surface area contributed by atoms with Gasteiger partial charge >= 0.3 is 0 Å². The second kappa shape index (κ2) is 3.92. The minimum absolute atomic E-state index is 0.221. The quantitative estimate of drug-likeness (QED) is 0.734. The lowest BCUT2D eigenvalue weighted by atomic mass is 9.94.